The molecule has 2 aromatic carbocycles. The Kier molecular flexibility index (Phi) is 8.46. The van der Waals surface area contributed by atoms with E-state index in [1.165, 1.54) is 5.56 Å². The van der Waals surface area contributed by atoms with E-state index in [0.29, 0.717) is 25.3 Å². The number of hydrogen-bond acceptors (Lipinski definition) is 4. The van der Waals surface area contributed by atoms with Crippen molar-refractivity contribution in [3.63, 3.8) is 0 Å². The van der Waals surface area contributed by atoms with Crippen molar-refractivity contribution in [3.05, 3.63) is 53.6 Å². The highest BCUT2D eigenvalue weighted by atomic mass is 16.5. The number of guanidine groups is 1. The fourth-order valence-corrected chi connectivity index (χ4v) is 2.89. The highest BCUT2D eigenvalue weighted by molar-refractivity contribution is 5.79. The second-order valence-electron chi connectivity index (χ2n) is 6.39. The van der Waals surface area contributed by atoms with Crippen molar-refractivity contribution < 1.29 is 14.6 Å². The molecule has 0 aliphatic heterocycles. The normalized spacial score (nSPS) is 11.2. The Morgan fingerprint density at radius 2 is 1.89 bits per heavy atom. The van der Waals surface area contributed by atoms with Gasteiger partial charge < -0.3 is 24.8 Å². The SMILES string of the molecule is CCNC(=NCCc1cccc(OC)c1O)N(C)Cc1ccc(OCC)cc1. The molecule has 6 nitrogen and oxygen atoms in total. The number of benzene rings is 2. The van der Waals surface area contributed by atoms with Gasteiger partial charge >= 0.3 is 0 Å². The van der Waals surface area contributed by atoms with Gasteiger partial charge in [-0.2, -0.15) is 0 Å². The first-order chi connectivity index (χ1) is 13.6. The lowest BCUT2D eigenvalue weighted by Crippen LogP contribution is -2.38. The minimum atomic E-state index is 0.188. The van der Waals surface area contributed by atoms with E-state index >= 15 is 0 Å². The molecule has 0 saturated carbocycles. The molecule has 6 heteroatoms. The lowest BCUT2D eigenvalue weighted by atomic mass is 10.1. The molecule has 2 N–H and O–H groups in total. The van der Waals surface area contributed by atoms with Crippen LogP contribution in [0.1, 0.15) is 25.0 Å². The van der Waals surface area contributed by atoms with Crippen LogP contribution < -0.4 is 14.8 Å². The topological polar surface area (TPSA) is 66.3 Å². The van der Waals surface area contributed by atoms with E-state index in [4.69, 9.17) is 14.5 Å². The number of phenolic OH excluding ortho intramolecular Hbond substituents is 1. The first-order valence-electron chi connectivity index (χ1n) is 9.65. The van der Waals surface area contributed by atoms with Gasteiger partial charge in [-0.1, -0.05) is 24.3 Å². The lowest BCUT2D eigenvalue weighted by Gasteiger charge is -2.22. The summed E-state index contributed by atoms with van der Waals surface area (Å²) < 4.78 is 10.7. The van der Waals surface area contributed by atoms with Crippen LogP contribution in [0.25, 0.3) is 0 Å². The fourth-order valence-electron chi connectivity index (χ4n) is 2.89. The highest BCUT2D eigenvalue weighted by Gasteiger charge is 2.09. The summed E-state index contributed by atoms with van der Waals surface area (Å²) in [7, 11) is 3.57. The first kappa shape index (κ1) is 21.4. The number of ether oxygens (including phenoxy) is 2. The van der Waals surface area contributed by atoms with E-state index in [9.17, 15) is 5.11 Å². The summed E-state index contributed by atoms with van der Waals surface area (Å²) in [5.74, 6) is 2.39. The molecule has 0 unspecified atom stereocenters. The Hall–Kier alpha value is -2.89. The van der Waals surface area contributed by atoms with Gasteiger partial charge in [0.05, 0.1) is 13.7 Å². The van der Waals surface area contributed by atoms with Crippen molar-refractivity contribution in [2.24, 2.45) is 4.99 Å². The van der Waals surface area contributed by atoms with Gasteiger partial charge in [-0.15, -0.1) is 0 Å². The Morgan fingerprint density at radius 3 is 2.54 bits per heavy atom. The maximum Gasteiger partial charge on any atom is 0.193 e. The predicted molar refractivity (Wildman–Crippen MR) is 113 cm³/mol. The molecule has 0 aliphatic carbocycles. The molecule has 2 rings (SSSR count). The Balaban J connectivity index is 2.00. The third kappa shape index (κ3) is 6.08. The Labute approximate surface area is 167 Å². The molecule has 0 atom stereocenters. The predicted octanol–water partition coefficient (Wildman–Crippen LogP) is 3.44. The summed E-state index contributed by atoms with van der Waals surface area (Å²) in [6.45, 7) is 6.79. The average Bonchev–Trinajstić information content (AvgIpc) is 2.70. The van der Waals surface area contributed by atoms with Crippen molar-refractivity contribution >= 4 is 5.96 Å². The van der Waals surface area contributed by atoms with Gasteiger partial charge in [0, 0.05) is 26.7 Å². The minimum Gasteiger partial charge on any atom is -0.504 e. The molecule has 0 saturated heterocycles. The molecule has 0 aliphatic rings. The van der Waals surface area contributed by atoms with E-state index in [0.717, 1.165) is 30.4 Å². The Morgan fingerprint density at radius 1 is 1.14 bits per heavy atom. The monoisotopic (exact) mass is 385 g/mol. The number of rotatable bonds is 9. The number of para-hydroxylation sites is 1. The molecule has 0 spiro atoms. The van der Waals surface area contributed by atoms with Gasteiger partial charge in [-0.25, -0.2) is 0 Å². The van der Waals surface area contributed by atoms with Crippen molar-refractivity contribution in [2.75, 3.05) is 33.9 Å². The molecule has 0 radical (unpaired) electrons. The lowest BCUT2D eigenvalue weighted by molar-refractivity contribution is 0.340. The number of nitrogens with zero attached hydrogens (tertiary/aromatic N) is 2. The second-order valence-corrected chi connectivity index (χ2v) is 6.39. The number of phenols is 1. The number of aliphatic imine (C=N–C) groups is 1. The van der Waals surface area contributed by atoms with Crippen molar-refractivity contribution in [1.82, 2.24) is 10.2 Å². The van der Waals surface area contributed by atoms with Crippen LogP contribution in [-0.4, -0.2) is 49.8 Å². The van der Waals surface area contributed by atoms with Crippen molar-refractivity contribution in [3.8, 4) is 17.2 Å². The number of hydrogen-bond donors (Lipinski definition) is 2. The summed E-state index contributed by atoms with van der Waals surface area (Å²) in [5, 5.41) is 13.5. The van der Waals surface area contributed by atoms with Gasteiger partial charge in [0.2, 0.25) is 0 Å². The van der Waals surface area contributed by atoms with Crippen LogP contribution in [0.4, 0.5) is 0 Å². The van der Waals surface area contributed by atoms with Crippen LogP contribution in [0.5, 0.6) is 17.2 Å². The average molecular weight is 386 g/mol. The second kappa shape index (κ2) is 11.1. The highest BCUT2D eigenvalue weighted by Crippen LogP contribution is 2.29. The molecular formula is C22H31N3O3. The smallest absolute Gasteiger partial charge is 0.193 e. The van der Waals surface area contributed by atoms with Crippen molar-refractivity contribution in [2.45, 2.75) is 26.8 Å². The van der Waals surface area contributed by atoms with Crippen LogP contribution in [0, 0.1) is 0 Å². The molecule has 0 bridgehead atoms. The minimum absolute atomic E-state index is 0.188. The molecular weight excluding hydrogens is 354 g/mol. The van der Waals surface area contributed by atoms with Crippen molar-refractivity contribution in [1.29, 1.82) is 0 Å². The number of methoxy groups -OCH3 is 1. The van der Waals surface area contributed by atoms with Gasteiger partial charge in [-0.3, -0.25) is 4.99 Å². The zero-order chi connectivity index (χ0) is 20.4. The van der Waals surface area contributed by atoms with Gasteiger partial charge in [-0.05, 0) is 49.6 Å². The van der Waals surface area contributed by atoms with Crippen LogP contribution in [0.2, 0.25) is 0 Å². The van der Waals surface area contributed by atoms with E-state index in [1.54, 1.807) is 13.2 Å². The summed E-state index contributed by atoms with van der Waals surface area (Å²) >= 11 is 0. The Bertz CT molecular complexity index is 760. The molecule has 0 aromatic heterocycles. The van der Waals surface area contributed by atoms with Crippen LogP contribution in [-0.2, 0) is 13.0 Å². The van der Waals surface area contributed by atoms with E-state index in [-0.39, 0.29) is 5.75 Å². The summed E-state index contributed by atoms with van der Waals surface area (Å²) in [5.41, 5.74) is 2.01. The third-order valence-corrected chi connectivity index (χ3v) is 4.30. The maximum absolute atomic E-state index is 10.2. The molecule has 0 heterocycles. The fraction of sp³-hybridized carbons (Fsp3) is 0.409. The standard InChI is InChI=1S/C22H31N3O3/c1-5-23-22(24-15-14-18-8-7-9-20(27-4)21(18)26)25(3)16-17-10-12-19(13-11-17)28-6-2/h7-13,26H,5-6,14-16H2,1-4H3,(H,23,24). The molecule has 0 fully saturated rings. The zero-order valence-corrected chi connectivity index (χ0v) is 17.2. The van der Waals surface area contributed by atoms with Crippen LogP contribution in [0.3, 0.4) is 0 Å². The molecule has 28 heavy (non-hydrogen) atoms. The number of aromatic hydroxyl groups is 1. The summed E-state index contributed by atoms with van der Waals surface area (Å²) in [6, 6.07) is 13.6. The molecule has 152 valence electrons. The summed E-state index contributed by atoms with van der Waals surface area (Å²) in [6.07, 6.45) is 0.634. The van der Waals surface area contributed by atoms with Crippen LogP contribution >= 0.6 is 0 Å². The third-order valence-electron chi connectivity index (χ3n) is 4.30. The van der Waals surface area contributed by atoms with Crippen LogP contribution in [0.15, 0.2) is 47.5 Å². The van der Waals surface area contributed by atoms with Gasteiger partial charge in [0.25, 0.3) is 0 Å². The number of nitrogens with one attached hydrogen (secondary N) is 1. The zero-order valence-electron chi connectivity index (χ0n) is 17.2. The molecule has 0 amide bonds. The first-order valence-corrected chi connectivity index (χ1v) is 9.65. The van der Waals surface area contributed by atoms with E-state index < -0.39 is 0 Å². The quantitative estimate of drug-likeness (QED) is 0.511. The molecule has 2 aromatic rings. The van der Waals surface area contributed by atoms with Gasteiger partial charge in [0.1, 0.15) is 5.75 Å². The van der Waals surface area contributed by atoms with Gasteiger partial charge in [0.15, 0.2) is 17.5 Å². The van der Waals surface area contributed by atoms with E-state index in [2.05, 4.69) is 22.3 Å². The largest absolute Gasteiger partial charge is 0.504 e. The summed E-state index contributed by atoms with van der Waals surface area (Å²) in [4.78, 5) is 6.79. The maximum atomic E-state index is 10.2. The van der Waals surface area contributed by atoms with E-state index in [1.807, 2.05) is 45.2 Å².